The lowest BCUT2D eigenvalue weighted by Gasteiger charge is -2.06. The van der Waals surface area contributed by atoms with Gasteiger partial charge >= 0.3 is 23.9 Å². The van der Waals surface area contributed by atoms with Gasteiger partial charge in [-0.15, -0.1) is 0 Å². The van der Waals surface area contributed by atoms with E-state index < -0.39 is 0 Å². The van der Waals surface area contributed by atoms with Crippen LogP contribution in [-0.4, -0.2) is 73.3 Å². The summed E-state index contributed by atoms with van der Waals surface area (Å²) < 4.78 is 21.3. The molecule has 0 amide bonds. The first-order valence-electron chi connectivity index (χ1n) is 30.2. The van der Waals surface area contributed by atoms with Crippen LogP contribution in [0.1, 0.15) is 310 Å². The van der Waals surface area contributed by atoms with Crippen molar-refractivity contribution < 1.29 is 38.1 Å². The molecule has 70 heavy (non-hydrogen) atoms. The Morgan fingerprint density at radius 2 is 0.371 bits per heavy atom. The van der Waals surface area contributed by atoms with Gasteiger partial charge in [0, 0.05) is 23.0 Å². The van der Waals surface area contributed by atoms with Crippen LogP contribution in [0.3, 0.4) is 0 Å². The zero-order valence-electron chi connectivity index (χ0n) is 46.9. The van der Waals surface area contributed by atoms with E-state index in [9.17, 15) is 19.2 Å². The summed E-state index contributed by atoms with van der Waals surface area (Å²) in [6, 6.07) is 0. The Bertz CT molecular complexity index is 913. The largest absolute Gasteiger partial charge is 0.466 e. The van der Waals surface area contributed by atoms with E-state index in [2.05, 4.69) is 27.7 Å². The number of carbonyl (C=O) groups is 4. The average molecular weight is 1030 g/mol. The van der Waals surface area contributed by atoms with Crippen molar-refractivity contribution in [1.29, 1.82) is 0 Å². The van der Waals surface area contributed by atoms with Crippen LogP contribution >= 0.6 is 23.5 Å². The minimum Gasteiger partial charge on any atom is -0.466 e. The summed E-state index contributed by atoms with van der Waals surface area (Å²) in [5, 5.41) is 0. The summed E-state index contributed by atoms with van der Waals surface area (Å²) in [4.78, 5) is 47.2. The molecule has 0 rings (SSSR count). The van der Waals surface area contributed by atoms with Gasteiger partial charge in [0.2, 0.25) is 0 Å². The molecule has 0 aromatic carbocycles. The van der Waals surface area contributed by atoms with Crippen molar-refractivity contribution in [2.24, 2.45) is 0 Å². The van der Waals surface area contributed by atoms with Crippen LogP contribution in [0, 0.1) is 0 Å². The average Bonchev–Trinajstić information content (AvgIpc) is 3.35. The number of carbonyl (C=O) groups excluding carboxylic acids is 4. The number of esters is 4. The summed E-state index contributed by atoms with van der Waals surface area (Å²) in [5.41, 5.74) is 0. The monoisotopic (exact) mass is 1030 g/mol. The molecule has 0 aromatic rings. The molecule has 0 aliphatic heterocycles. The first-order valence-corrected chi connectivity index (χ1v) is 32.5. The van der Waals surface area contributed by atoms with Gasteiger partial charge in [-0.05, 0) is 25.7 Å². The summed E-state index contributed by atoms with van der Waals surface area (Å²) in [6.45, 7) is 11.2. The molecule has 0 heterocycles. The summed E-state index contributed by atoms with van der Waals surface area (Å²) in [5.74, 6) is 2.39. The lowest BCUT2D eigenvalue weighted by atomic mass is 10.1. The Balaban J connectivity index is 0. The molecule has 0 saturated carbocycles. The maximum atomic E-state index is 11.8. The molecule has 8 nitrogen and oxygen atoms in total. The third kappa shape index (κ3) is 64.6. The Hall–Kier alpha value is -1.42. The van der Waals surface area contributed by atoms with Gasteiger partial charge in [-0.2, -0.15) is 23.5 Å². The van der Waals surface area contributed by atoms with Crippen LogP contribution in [0.5, 0.6) is 0 Å². The molecule has 0 aromatic heterocycles. The van der Waals surface area contributed by atoms with Crippen molar-refractivity contribution in [1.82, 2.24) is 0 Å². The number of hydrogen-bond acceptors (Lipinski definition) is 10. The van der Waals surface area contributed by atoms with Crippen molar-refractivity contribution in [3.8, 4) is 0 Å². The normalized spacial score (nSPS) is 11.0. The van der Waals surface area contributed by atoms with Crippen molar-refractivity contribution >= 4 is 47.4 Å². The second-order valence-corrected chi connectivity index (χ2v) is 22.3. The summed E-state index contributed by atoms with van der Waals surface area (Å²) in [6.07, 6.45) is 53.0. The maximum absolute atomic E-state index is 11.8. The van der Waals surface area contributed by atoms with Crippen LogP contribution in [0.2, 0.25) is 0 Å². The molecule has 0 N–H and O–H groups in total. The third-order valence-electron chi connectivity index (χ3n) is 12.8. The highest BCUT2D eigenvalue weighted by Gasteiger charge is 2.08. The SMILES string of the molecule is CCCCCCCCCCCCOC(=O)CCSCCC(=O)OCCCCCCCCCCCC.CCCCCCCCCCCCOC(=O)CCSCCC(=O)OCCCCCCCCCCCC. The summed E-state index contributed by atoms with van der Waals surface area (Å²) >= 11 is 3.26. The first-order chi connectivity index (χ1) is 34.4. The second kappa shape index (κ2) is 63.7. The fraction of sp³-hybridized carbons (Fsp3) is 0.933. The van der Waals surface area contributed by atoms with Crippen LogP contribution in [0.25, 0.3) is 0 Å². The molecule has 10 heteroatoms. The molecule has 0 aliphatic carbocycles. The fourth-order valence-corrected chi connectivity index (χ4v) is 9.87. The highest BCUT2D eigenvalue weighted by Crippen LogP contribution is 2.15. The molecule has 0 spiro atoms. The van der Waals surface area contributed by atoms with Crippen LogP contribution in [-0.2, 0) is 38.1 Å². The maximum Gasteiger partial charge on any atom is 0.306 e. The van der Waals surface area contributed by atoms with Gasteiger partial charge in [0.1, 0.15) is 0 Å². The van der Waals surface area contributed by atoms with Crippen molar-refractivity contribution in [2.75, 3.05) is 49.4 Å². The topological polar surface area (TPSA) is 105 Å². The highest BCUT2D eigenvalue weighted by atomic mass is 32.2. The number of rotatable bonds is 56. The zero-order valence-corrected chi connectivity index (χ0v) is 48.5. The molecule has 0 radical (unpaired) electrons. The lowest BCUT2D eigenvalue weighted by Crippen LogP contribution is -2.09. The fourth-order valence-electron chi connectivity index (χ4n) is 8.22. The molecule has 0 saturated heterocycles. The summed E-state index contributed by atoms with van der Waals surface area (Å²) in [7, 11) is 0. The molecule has 0 fully saturated rings. The Morgan fingerprint density at radius 3 is 0.529 bits per heavy atom. The number of hydrogen-bond donors (Lipinski definition) is 0. The molecule has 416 valence electrons. The van der Waals surface area contributed by atoms with Crippen molar-refractivity contribution in [2.45, 2.75) is 310 Å². The van der Waals surface area contributed by atoms with E-state index in [1.807, 2.05) is 0 Å². The van der Waals surface area contributed by atoms with E-state index in [-0.39, 0.29) is 23.9 Å². The highest BCUT2D eigenvalue weighted by molar-refractivity contribution is 7.99. The van der Waals surface area contributed by atoms with Crippen molar-refractivity contribution in [3.05, 3.63) is 0 Å². The molecule has 0 aliphatic rings. The van der Waals surface area contributed by atoms with E-state index in [1.165, 1.54) is 205 Å². The van der Waals surface area contributed by atoms with Crippen molar-refractivity contribution in [3.63, 3.8) is 0 Å². The molecular formula is C60H116O8S2. The van der Waals surface area contributed by atoms with Gasteiger partial charge in [-0.3, -0.25) is 19.2 Å². The van der Waals surface area contributed by atoms with Crippen LogP contribution in [0.15, 0.2) is 0 Å². The Kier molecular flexibility index (Phi) is 64.3. The number of unbranched alkanes of at least 4 members (excludes halogenated alkanes) is 36. The van der Waals surface area contributed by atoms with E-state index in [1.54, 1.807) is 23.5 Å². The van der Waals surface area contributed by atoms with E-state index >= 15 is 0 Å². The van der Waals surface area contributed by atoms with Crippen LogP contribution < -0.4 is 0 Å². The van der Waals surface area contributed by atoms with Gasteiger partial charge in [0.05, 0.1) is 52.1 Å². The second-order valence-electron chi connectivity index (χ2n) is 19.8. The van der Waals surface area contributed by atoms with E-state index in [0.717, 1.165) is 51.4 Å². The van der Waals surface area contributed by atoms with Crippen LogP contribution in [0.4, 0.5) is 0 Å². The number of thioether (sulfide) groups is 2. The third-order valence-corrected chi connectivity index (χ3v) is 14.8. The minimum atomic E-state index is -0.114. The number of ether oxygens (including phenoxy) is 4. The molecule has 0 unspecified atom stereocenters. The van der Waals surface area contributed by atoms with Gasteiger partial charge in [0.15, 0.2) is 0 Å². The molecule has 0 bridgehead atoms. The smallest absolute Gasteiger partial charge is 0.306 e. The van der Waals surface area contributed by atoms with E-state index in [4.69, 9.17) is 18.9 Å². The molecular weight excluding hydrogens is 913 g/mol. The van der Waals surface area contributed by atoms with Gasteiger partial charge in [-0.25, -0.2) is 0 Å². The predicted octanol–water partition coefficient (Wildman–Crippen LogP) is 18.9. The predicted molar refractivity (Wildman–Crippen MR) is 304 cm³/mol. The first kappa shape index (κ1) is 70.7. The minimum absolute atomic E-state index is 0.114. The quantitative estimate of drug-likeness (QED) is 0.0332. The van der Waals surface area contributed by atoms with E-state index in [0.29, 0.717) is 75.1 Å². The zero-order chi connectivity index (χ0) is 51.3. The van der Waals surface area contributed by atoms with Gasteiger partial charge in [-0.1, -0.05) is 259 Å². The lowest BCUT2D eigenvalue weighted by molar-refractivity contribution is -0.144. The standard InChI is InChI=1S/2C30H58O4S/c2*1-3-5-7-9-11-13-15-17-19-21-25-33-29(31)23-27-35-28-24-30(32)34-26-22-20-18-16-14-12-10-8-6-4-2/h2*3-28H2,1-2H3. The van der Waals surface area contributed by atoms with Gasteiger partial charge in [0.25, 0.3) is 0 Å². The Labute approximate surface area is 443 Å². The Morgan fingerprint density at radius 1 is 0.229 bits per heavy atom. The van der Waals surface area contributed by atoms with Gasteiger partial charge < -0.3 is 18.9 Å². The molecule has 0 atom stereocenters.